The fraction of sp³-hybridized carbons (Fsp3) is 0.176. The van der Waals surface area contributed by atoms with Gasteiger partial charge in [-0.15, -0.1) is 0 Å². The van der Waals surface area contributed by atoms with Gasteiger partial charge in [-0.2, -0.15) is 0 Å². The van der Waals surface area contributed by atoms with Crippen LogP contribution in [0.1, 0.15) is 16.7 Å². The number of carbonyl (C=O) groups is 1. The molecule has 2 N–H and O–H groups in total. The summed E-state index contributed by atoms with van der Waals surface area (Å²) in [7, 11) is 0. The smallest absolute Gasteiger partial charge is 0.321 e. The number of thiazole rings is 1. The minimum atomic E-state index is -0.330. The molecule has 3 rings (SSSR count). The van der Waals surface area contributed by atoms with E-state index >= 15 is 0 Å². The van der Waals surface area contributed by atoms with Crippen molar-refractivity contribution in [3.05, 3.63) is 58.9 Å². The number of aryl methyl sites for hydroxylation is 2. The standard InChI is InChI=1S/C17H16FN3OS/c1-10-3-4-11(2)15-14(10)20-17(23-15)21-16(22)19-9-12-5-7-13(18)8-6-12/h3-8H,9H2,1-2H3,(H2,19,20,21,22). The number of carbonyl (C=O) groups excluding carboxylic acids is 1. The first-order chi connectivity index (χ1) is 11.0. The van der Waals surface area contributed by atoms with E-state index in [4.69, 9.17) is 0 Å². The van der Waals surface area contributed by atoms with Gasteiger partial charge in [0.25, 0.3) is 0 Å². The molecule has 3 aromatic rings. The summed E-state index contributed by atoms with van der Waals surface area (Å²) >= 11 is 1.46. The monoisotopic (exact) mass is 329 g/mol. The van der Waals surface area contributed by atoms with E-state index in [0.29, 0.717) is 11.7 Å². The van der Waals surface area contributed by atoms with Crippen molar-refractivity contribution in [2.24, 2.45) is 0 Å². The number of hydrogen-bond acceptors (Lipinski definition) is 3. The summed E-state index contributed by atoms with van der Waals surface area (Å²) in [5.74, 6) is -0.293. The average molecular weight is 329 g/mol. The van der Waals surface area contributed by atoms with Crippen LogP contribution >= 0.6 is 11.3 Å². The molecule has 23 heavy (non-hydrogen) atoms. The molecule has 4 nitrogen and oxygen atoms in total. The maximum Gasteiger partial charge on any atom is 0.321 e. The van der Waals surface area contributed by atoms with Crippen molar-refractivity contribution >= 4 is 32.7 Å². The molecule has 0 saturated carbocycles. The number of rotatable bonds is 3. The van der Waals surface area contributed by atoms with Crippen LogP contribution in [0.3, 0.4) is 0 Å². The first kappa shape index (κ1) is 15.4. The Morgan fingerprint density at radius 2 is 1.83 bits per heavy atom. The number of nitrogens with one attached hydrogen (secondary N) is 2. The van der Waals surface area contributed by atoms with Crippen molar-refractivity contribution < 1.29 is 9.18 Å². The normalized spacial score (nSPS) is 10.7. The predicted molar refractivity (Wildman–Crippen MR) is 91.4 cm³/mol. The zero-order valence-corrected chi connectivity index (χ0v) is 13.6. The highest BCUT2D eigenvalue weighted by Crippen LogP contribution is 2.30. The lowest BCUT2D eigenvalue weighted by atomic mass is 10.1. The number of fused-ring (bicyclic) bond motifs is 1. The van der Waals surface area contributed by atoms with Crippen LogP contribution in [-0.4, -0.2) is 11.0 Å². The second-order valence-electron chi connectivity index (χ2n) is 5.33. The van der Waals surface area contributed by atoms with Crippen molar-refractivity contribution in [2.45, 2.75) is 20.4 Å². The molecule has 0 radical (unpaired) electrons. The Morgan fingerprint density at radius 1 is 1.13 bits per heavy atom. The largest absolute Gasteiger partial charge is 0.334 e. The molecule has 1 heterocycles. The van der Waals surface area contributed by atoms with Crippen LogP contribution in [-0.2, 0) is 6.54 Å². The van der Waals surface area contributed by atoms with Gasteiger partial charge in [-0.3, -0.25) is 5.32 Å². The van der Waals surface area contributed by atoms with Crippen molar-refractivity contribution in [1.29, 1.82) is 0 Å². The Morgan fingerprint density at radius 3 is 2.52 bits per heavy atom. The first-order valence-electron chi connectivity index (χ1n) is 7.19. The molecule has 0 spiro atoms. The van der Waals surface area contributed by atoms with Crippen LogP contribution in [0, 0.1) is 19.7 Å². The van der Waals surface area contributed by atoms with Gasteiger partial charge >= 0.3 is 6.03 Å². The molecule has 0 fully saturated rings. The second-order valence-corrected chi connectivity index (χ2v) is 6.33. The molecular formula is C17H16FN3OS. The van der Waals surface area contributed by atoms with Crippen LogP contribution in [0.25, 0.3) is 10.2 Å². The summed E-state index contributed by atoms with van der Waals surface area (Å²) in [4.78, 5) is 16.4. The van der Waals surface area contributed by atoms with Gasteiger partial charge in [-0.05, 0) is 42.7 Å². The Hall–Kier alpha value is -2.47. The summed E-state index contributed by atoms with van der Waals surface area (Å²) in [5, 5.41) is 6.05. The Kier molecular flexibility index (Phi) is 4.25. The molecule has 6 heteroatoms. The number of amides is 2. The van der Waals surface area contributed by atoms with Gasteiger partial charge in [0.2, 0.25) is 0 Å². The maximum absolute atomic E-state index is 12.8. The molecule has 118 valence electrons. The molecule has 0 unspecified atom stereocenters. The quantitative estimate of drug-likeness (QED) is 0.749. The summed E-state index contributed by atoms with van der Waals surface area (Å²) < 4.78 is 13.9. The highest BCUT2D eigenvalue weighted by atomic mass is 32.1. The third-order valence-corrected chi connectivity index (χ3v) is 4.64. The lowest BCUT2D eigenvalue weighted by molar-refractivity contribution is 0.251. The van der Waals surface area contributed by atoms with Gasteiger partial charge < -0.3 is 5.32 Å². The van der Waals surface area contributed by atoms with E-state index in [9.17, 15) is 9.18 Å². The maximum atomic E-state index is 12.8. The molecule has 0 atom stereocenters. The van der Waals surface area contributed by atoms with Crippen LogP contribution in [0.4, 0.5) is 14.3 Å². The van der Waals surface area contributed by atoms with Crippen molar-refractivity contribution in [2.75, 3.05) is 5.32 Å². The number of nitrogens with zero attached hydrogens (tertiary/aromatic N) is 1. The Bertz CT molecular complexity index is 819. The fourth-order valence-electron chi connectivity index (χ4n) is 2.24. The van der Waals surface area contributed by atoms with Gasteiger partial charge in [-0.1, -0.05) is 35.6 Å². The van der Waals surface area contributed by atoms with Crippen LogP contribution < -0.4 is 10.6 Å². The third-order valence-electron chi connectivity index (χ3n) is 3.53. The molecule has 0 bridgehead atoms. The number of benzene rings is 2. The number of aromatic nitrogens is 1. The predicted octanol–water partition coefficient (Wildman–Crippen LogP) is 4.37. The van der Waals surface area contributed by atoms with Gasteiger partial charge in [0.1, 0.15) is 5.82 Å². The van der Waals surface area contributed by atoms with Gasteiger partial charge in [0.05, 0.1) is 10.2 Å². The minimum absolute atomic E-state index is 0.293. The number of urea groups is 1. The highest BCUT2D eigenvalue weighted by molar-refractivity contribution is 7.22. The summed E-state index contributed by atoms with van der Waals surface area (Å²) in [5.41, 5.74) is 3.98. The number of halogens is 1. The summed E-state index contributed by atoms with van der Waals surface area (Å²) in [6, 6.07) is 9.76. The van der Waals surface area contributed by atoms with Crippen molar-refractivity contribution in [3.8, 4) is 0 Å². The van der Waals surface area contributed by atoms with E-state index in [1.165, 1.54) is 23.5 Å². The highest BCUT2D eigenvalue weighted by Gasteiger charge is 2.10. The van der Waals surface area contributed by atoms with E-state index in [1.54, 1.807) is 12.1 Å². The van der Waals surface area contributed by atoms with Gasteiger partial charge in [0.15, 0.2) is 5.13 Å². The molecule has 1 aromatic heterocycles. The molecule has 2 aromatic carbocycles. The third kappa shape index (κ3) is 3.48. The molecule has 0 aliphatic heterocycles. The van der Waals surface area contributed by atoms with Crippen molar-refractivity contribution in [1.82, 2.24) is 10.3 Å². The van der Waals surface area contributed by atoms with E-state index in [0.717, 1.165) is 26.9 Å². The van der Waals surface area contributed by atoms with Crippen LogP contribution in [0.5, 0.6) is 0 Å². The van der Waals surface area contributed by atoms with Crippen molar-refractivity contribution in [3.63, 3.8) is 0 Å². The van der Waals surface area contributed by atoms with Crippen LogP contribution in [0.2, 0.25) is 0 Å². The summed E-state index contributed by atoms with van der Waals surface area (Å²) in [6.07, 6.45) is 0. The minimum Gasteiger partial charge on any atom is -0.334 e. The molecule has 0 saturated heterocycles. The number of hydrogen-bond donors (Lipinski definition) is 2. The second kappa shape index (κ2) is 6.34. The SMILES string of the molecule is Cc1ccc(C)c2sc(NC(=O)NCc3ccc(F)cc3)nc12. The van der Waals surface area contributed by atoms with E-state index in [2.05, 4.69) is 15.6 Å². The van der Waals surface area contributed by atoms with E-state index in [-0.39, 0.29) is 11.8 Å². The zero-order valence-electron chi connectivity index (χ0n) is 12.8. The van der Waals surface area contributed by atoms with Gasteiger partial charge in [0, 0.05) is 6.54 Å². The number of anilines is 1. The molecule has 2 amide bonds. The lowest BCUT2D eigenvalue weighted by Crippen LogP contribution is -2.28. The molecule has 0 aliphatic rings. The topological polar surface area (TPSA) is 54.0 Å². The Balaban J connectivity index is 1.67. The first-order valence-corrected chi connectivity index (χ1v) is 8.00. The van der Waals surface area contributed by atoms with Gasteiger partial charge in [-0.25, -0.2) is 14.2 Å². The van der Waals surface area contributed by atoms with Crippen LogP contribution in [0.15, 0.2) is 36.4 Å². The summed E-state index contributed by atoms with van der Waals surface area (Å²) in [6.45, 7) is 4.35. The average Bonchev–Trinajstić information content (AvgIpc) is 2.95. The molecular weight excluding hydrogens is 313 g/mol. The lowest BCUT2D eigenvalue weighted by Gasteiger charge is -2.05. The fourth-order valence-corrected chi connectivity index (χ4v) is 3.25. The van der Waals surface area contributed by atoms with E-state index < -0.39 is 0 Å². The Labute approximate surface area is 137 Å². The molecule has 0 aliphatic carbocycles. The zero-order chi connectivity index (χ0) is 16.4. The van der Waals surface area contributed by atoms with E-state index in [1.807, 2.05) is 26.0 Å².